The average Bonchev–Trinajstić information content (AvgIpc) is 3.44. The van der Waals surface area contributed by atoms with Crippen LogP contribution in [0.2, 0.25) is 0 Å². The molecule has 0 spiro atoms. The van der Waals surface area contributed by atoms with Gasteiger partial charge in [0.1, 0.15) is 23.4 Å². The first kappa shape index (κ1) is 25.9. The predicted octanol–water partition coefficient (Wildman–Crippen LogP) is 5.56. The van der Waals surface area contributed by atoms with E-state index >= 15 is 0 Å². The quantitative estimate of drug-likeness (QED) is 0.482. The summed E-state index contributed by atoms with van der Waals surface area (Å²) in [6, 6.07) is 13.4. The van der Waals surface area contributed by atoms with E-state index in [2.05, 4.69) is 5.32 Å². The fourth-order valence-corrected chi connectivity index (χ4v) is 6.02. The second-order valence-corrected chi connectivity index (χ2v) is 10.2. The Balaban J connectivity index is 1.58. The molecule has 1 fully saturated rings. The number of carbonyl (C=O) groups excluding carboxylic acids is 2. The van der Waals surface area contributed by atoms with E-state index in [1.807, 2.05) is 49.4 Å². The predicted molar refractivity (Wildman–Crippen MR) is 143 cm³/mol. The molecule has 1 aliphatic heterocycles. The minimum atomic E-state index is -0.616. The van der Waals surface area contributed by atoms with Crippen molar-refractivity contribution < 1.29 is 28.5 Å². The van der Waals surface area contributed by atoms with Gasteiger partial charge in [-0.05, 0) is 80.8 Å². The fourth-order valence-electron chi connectivity index (χ4n) is 6.02. The molecule has 0 aromatic heterocycles. The lowest BCUT2D eigenvalue weighted by Crippen LogP contribution is -2.36. The molecule has 3 aliphatic rings. The lowest BCUT2D eigenvalue weighted by molar-refractivity contribution is -0.144. The third-order valence-electron chi connectivity index (χ3n) is 7.96. The summed E-state index contributed by atoms with van der Waals surface area (Å²) >= 11 is 0. The van der Waals surface area contributed by atoms with Crippen LogP contribution in [-0.2, 0) is 14.3 Å². The zero-order valence-corrected chi connectivity index (χ0v) is 22.5. The number of hydrogen-bond acceptors (Lipinski definition) is 7. The van der Waals surface area contributed by atoms with Crippen LogP contribution >= 0.6 is 0 Å². The lowest BCUT2D eigenvalue weighted by atomic mass is 9.71. The fraction of sp³-hybridized carbons (Fsp3) is 0.419. The molecular weight excluding hydrogens is 482 g/mol. The van der Waals surface area contributed by atoms with Crippen molar-refractivity contribution in [2.24, 2.45) is 0 Å². The standard InChI is InChI=1S/C31H35NO6/c1-18-28(31(34)38-22-7-5-6-8-22)29(24-17-23(36-3)13-14-27(24)37-4)30-25(32-18)15-20(16-26(30)33)19-9-11-21(35-2)12-10-19/h9-14,17,20,22,29,32H,5-8,15-16H2,1-4H3/t20-,29-/m0/s1. The molecule has 0 amide bonds. The normalized spacial score (nSPS) is 21.6. The SMILES string of the molecule is COc1ccc([C@@H]2CC(=O)C3=C(C2)NC(C)=C(C(=O)OC2CCCC2)[C@@H]3c2cc(OC)ccc2OC)cc1. The molecule has 7 nitrogen and oxygen atoms in total. The third-order valence-corrected chi connectivity index (χ3v) is 7.96. The average molecular weight is 518 g/mol. The minimum Gasteiger partial charge on any atom is -0.497 e. The van der Waals surface area contributed by atoms with Crippen molar-refractivity contribution in [1.29, 1.82) is 0 Å². The number of nitrogens with one attached hydrogen (secondary N) is 1. The second-order valence-electron chi connectivity index (χ2n) is 10.2. The summed E-state index contributed by atoms with van der Waals surface area (Å²) in [6.45, 7) is 1.89. The molecule has 0 radical (unpaired) electrons. The molecule has 2 aromatic rings. The van der Waals surface area contributed by atoms with Gasteiger partial charge in [-0.1, -0.05) is 12.1 Å². The van der Waals surface area contributed by atoms with Crippen molar-refractivity contribution in [3.8, 4) is 17.2 Å². The van der Waals surface area contributed by atoms with Crippen molar-refractivity contribution in [1.82, 2.24) is 5.32 Å². The summed E-state index contributed by atoms with van der Waals surface area (Å²) in [5.41, 5.74) is 4.39. The highest BCUT2D eigenvalue weighted by Gasteiger charge is 2.43. The van der Waals surface area contributed by atoms with Gasteiger partial charge < -0.3 is 24.3 Å². The van der Waals surface area contributed by atoms with E-state index in [4.69, 9.17) is 18.9 Å². The Morgan fingerprint density at radius 2 is 1.58 bits per heavy atom. The topological polar surface area (TPSA) is 83.1 Å². The number of carbonyl (C=O) groups is 2. The second kappa shape index (κ2) is 10.9. The van der Waals surface area contributed by atoms with Gasteiger partial charge in [-0.25, -0.2) is 4.79 Å². The van der Waals surface area contributed by atoms with E-state index in [1.165, 1.54) is 0 Å². The number of hydrogen-bond donors (Lipinski definition) is 1. The molecule has 1 N–H and O–H groups in total. The molecule has 2 aliphatic carbocycles. The monoisotopic (exact) mass is 517 g/mol. The smallest absolute Gasteiger partial charge is 0.337 e. The van der Waals surface area contributed by atoms with Gasteiger partial charge in [-0.3, -0.25) is 4.79 Å². The molecule has 0 saturated heterocycles. The van der Waals surface area contributed by atoms with Gasteiger partial charge >= 0.3 is 5.97 Å². The van der Waals surface area contributed by atoms with Gasteiger partial charge in [-0.15, -0.1) is 0 Å². The molecule has 38 heavy (non-hydrogen) atoms. The Morgan fingerprint density at radius 3 is 2.24 bits per heavy atom. The van der Waals surface area contributed by atoms with Crippen molar-refractivity contribution in [2.45, 2.75) is 63.4 Å². The van der Waals surface area contributed by atoms with Crippen molar-refractivity contribution in [3.05, 3.63) is 76.1 Å². The Morgan fingerprint density at radius 1 is 0.895 bits per heavy atom. The van der Waals surface area contributed by atoms with Crippen molar-refractivity contribution >= 4 is 11.8 Å². The lowest BCUT2D eigenvalue weighted by Gasteiger charge is -2.37. The molecule has 0 bridgehead atoms. The summed E-state index contributed by atoms with van der Waals surface area (Å²) in [5.74, 6) is 1.03. The maximum atomic E-state index is 13.9. The number of Topliss-reactive ketones (excluding diaryl/α,β-unsaturated/α-hetero) is 1. The molecule has 7 heteroatoms. The third kappa shape index (κ3) is 4.89. The van der Waals surface area contributed by atoms with Crippen LogP contribution in [0.4, 0.5) is 0 Å². The van der Waals surface area contributed by atoms with Gasteiger partial charge in [0, 0.05) is 29.0 Å². The van der Waals surface area contributed by atoms with Gasteiger partial charge in [0.2, 0.25) is 0 Å². The molecule has 5 rings (SSSR count). The summed E-state index contributed by atoms with van der Waals surface area (Å²) in [7, 11) is 4.83. The first-order chi connectivity index (χ1) is 18.4. The van der Waals surface area contributed by atoms with Crippen LogP contribution in [-0.4, -0.2) is 39.2 Å². The van der Waals surface area contributed by atoms with E-state index in [1.54, 1.807) is 21.3 Å². The van der Waals surface area contributed by atoms with Gasteiger partial charge in [-0.2, -0.15) is 0 Å². The van der Waals surface area contributed by atoms with E-state index in [0.29, 0.717) is 41.2 Å². The highest BCUT2D eigenvalue weighted by molar-refractivity contribution is 6.04. The van der Waals surface area contributed by atoms with Gasteiger partial charge in [0.05, 0.1) is 32.8 Å². The molecule has 2 aromatic carbocycles. The van der Waals surface area contributed by atoms with Crippen LogP contribution in [0.25, 0.3) is 0 Å². The number of ketones is 1. The Bertz CT molecular complexity index is 1290. The molecule has 1 heterocycles. The molecule has 2 atom stereocenters. The summed E-state index contributed by atoms with van der Waals surface area (Å²) in [5, 5.41) is 3.43. The van der Waals surface area contributed by atoms with Crippen LogP contribution in [0.3, 0.4) is 0 Å². The van der Waals surface area contributed by atoms with Crippen molar-refractivity contribution in [2.75, 3.05) is 21.3 Å². The number of ether oxygens (including phenoxy) is 4. The number of allylic oxidation sites excluding steroid dienone is 3. The van der Waals surface area contributed by atoms with E-state index in [-0.39, 0.29) is 23.8 Å². The van der Waals surface area contributed by atoms with Gasteiger partial charge in [0.15, 0.2) is 5.78 Å². The van der Waals surface area contributed by atoms with Crippen LogP contribution in [0.5, 0.6) is 17.2 Å². The van der Waals surface area contributed by atoms with E-state index in [0.717, 1.165) is 48.3 Å². The molecule has 0 unspecified atom stereocenters. The highest BCUT2D eigenvalue weighted by Crippen LogP contribution is 2.48. The maximum Gasteiger partial charge on any atom is 0.337 e. The van der Waals surface area contributed by atoms with E-state index < -0.39 is 5.92 Å². The number of benzene rings is 2. The summed E-state index contributed by atoms with van der Waals surface area (Å²) in [6.07, 6.45) is 4.76. The maximum absolute atomic E-state index is 13.9. The Hall–Kier alpha value is -3.74. The Kier molecular flexibility index (Phi) is 7.45. The number of rotatable bonds is 7. The minimum absolute atomic E-state index is 0.00751. The zero-order chi connectivity index (χ0) is 26.8. The largest absolute Gasteiger partial charge is 0.497 e. The van der Waals surface area contributed by atoms with Crippen LogP contribution in [0.15, 0.2) is 65.0 Å². The molecule has 200 valence electrons. The summed E-state index contributed by atoms with van der Waals surface area (Å²) < 4.78 is 22.5. The first-order valence-electron chi connectivity index (χ1n) is 13.2. The van der Waals surface area contributed by atoms with Gasteiger partial charge in [0.25, 0.3) is 0 Å². The van der Waals surface area contributed by atoms with Crippen molar-refractivity contribution in [3.63, 3.8) is 0 Å². The van der Waals surface area contributed by atoms with Crippen LogP contribution in [0.1, 0.15) is 68.4 Å². The number of methoxy groups -OCH3 is 3. The van der Waals surface area contributed by atoms with E-state index in [9.17, 15) is 9.59 Å². The Labute approximate surface area is 223 Å². The number of dihydropyridines is 1. The van der Waals surface area contributed by atoms with Crippen LogP contribution in [0, 0.1) is 0 Å². The van der Waals surface area contributed by atoms with Crippen LogP contribution < -0.4 is 19.5 Å². The zero-order valence-electron chi connectivity index (χ0n) is 22.5. The first-order valence-corrected chi connectivity index (χ1v) is 13.2. The highest BCUT2D eigenvalue weighted by atomic mass is 16.5. The number of esters is 1. The summed E-state index contributed by atoms with van der Waals surface area (Å²) in [4.78, 5) is 27.6. The molecular formula is C31H35NO6. The molecule has 1 saturated carbocycles.